The zero-order valence-corrected chi connectivity index (χ0v) is 12.2. The van der Waals surface area contributed by atoms with E-state index in [0.717, 1.165) is 0 Å². The average molecular weight is 326 g/mol. The summed E-state index contributed by atoms with van der Waals surface area (Å²) in [5, 5.41) is 5.48. The molecule has 0 radical (unpaired) electrons. The lowest BCUT2D eigenvalue weighted by molar-refractivity contribution is 0.432. The molecule has 0 saturated heterocycles. The predicted octanol–water partition coefficient (Wildman–Crippen LogP) is 5.36. The zero-order chi connectivity index (χ0) is 14.1. The Morgan fingerprint density at radius 2 is 1.65 bits per heavy atom. The number of benzene rings is 2. The van der Waals surface area contributed by atoms with Crippen LogP contribution in [0.25, 0.3) is 22.8 Å². The molecule has 0 unspecified atom stereocenters. The van der Waals surface area contributed by atoms with Crippen molar-refractivity contribution >= 4 is 34.8 Å². The minimum absolute atomic E-state index is 0.344. The Kier molecular flexibility index (Phi) is 3.66. The second-order valence-corrected chi connectivity index (χ2v) is 5.28. The van der Waals surface area contributed by atoms with Crippen LogP contribution >= 0.6 is 34.8 Å². The largest absolute Gasteiger partial charge is 0.334 e. The molecule has 1 aromatic heterocycles. The number of hydrogen-bond donors (Lipinski definition) is 0. The molecule has 0 fully saturated rings. The fraction of sp³-hybridized carbons (Fsp3) is 0. The van der Waals surface area contributed by atoms with Gasteiger partial charge >= 0.3 is 0 Å². The van der Waals surface area contributed by atoms with E-state index in [1.54, 1.807) is 24.3 Å². The maximum Gasteiger partial charge on any atom is 0.259 e. The first-order valence-corrected chi connectivity index (χ1v) is 6.82. The maximum atomic E-state index is 6.12. The highest BCUT2D eigenvalue weighted by Gasteiger charge is 2.15. The summed E-state index contributed by atoms with van der Waals surface area (Å²) in [5.74, 6) is 0.734. The van der Waals surface area contributed by atoms with Crippen molar-refractivity contribution in [2.24, 2.45) is 0 Å². The van der Waals surface area contributed by atoms with Crippen LogP contribution < -0.4 is 0 Å². The van der Waals surface area contributed by atoms with Crippen molar-refractivity contribution in [1.82, 2.24) is 10.1 Å². The zero-order valence-electron chi connectivity index (χ0n) is 9.98. The molecule has 20 heavy (non-hydrogen) atoms. The van der Waals surface area contributed by atoms with E-state index in [9.17, 15) is 0 Å². The second kappa shape index (κ2) is 5.44. The molecule has 1 heterocycles. The molecule has 0 atom stereocenters. The first kappa shape index (κ1) is 13.4. The van der Waals surface area contributed by atoms with Gasteiger partial charge in [0.1, 0.15) is 0 Å². The van der Waals surface area contributed by atoms with E-state index in [4.69, 9.17) is 39.3 Å². The van der Waals surface area contributed by atoms with Crippen molar-refractivity contribution in [1.29, 1.82) is 0 Å². The van der Waals surface area contributed by atoms with E-state index in [1.807, 2.05) is 18.2 Å². The van der Waals surface area contributed by atoms with Crippen LogP contribution in [-0.4, -0.2) is 10.1 Å². The van der Waals surface area contributed by atoms with Gasteiger partial charge in [0.15, 0.2) is 0 Å². The van der Waals surface area contributed by atoms with Crippen molar-refractivity contribution in [3.05, 3.63) is 57.5 Å². The highest BCUT2D eigenvalue weighted by atomic mass is 35.5. The summed E-state index contributed by atoms with van der Waals surface area (Å²) in [6, 6.07) is 12.3. The predicted molar refractivity (Wildman–Crippen MR) is 80.2 cm³/mol. The smallest absolute Gasteiger partial charge is 0.259 e. The quantitative estimate of drug-likeness (QED) is 0.636. The summed E-state index contributed by atoms with van der Waals surface area (Å²) in [6.45, 7) is 0. The van der Waals surface area contributed by atoms with Crippen LogP contribution in [0.4, 0.5) is 0 Å². The molecular formula is C14H7Cl3N2O. The van der Waals surface area contributed by atoms with E-state index >= 15 is 0 Å². The minimum atomic E-state index is 0.344. The Morgan fingerprint density at radius 1 is 0.850 bits per heavy atom. The van der Waals surface area contributed by atoms with Gasteiger partial charge in [-0.05, 0) is 30.3 Å². The van der Waals surface area contributed by atoms with Crippen molar-refractivity contribution in [3.63, 3.8) is 0 Å². The van der Waals surface area contributed by atoms with E-state index in [1.165, 1.54) is 0 Å². The molecule has 2 aromatic carbocycles. The maximum absolute atomic E-state index is 6.12. The summed E-state index contributed by atoms with van der Waals surface area (Å²) in [5.41, 5.74) is 1.33. The Labute approximate surface area is 130 Å². The van der Waals surface area contributed by atoms with Gasteiger partial charge in [-0.15, -0.1) is 0 Å². The van der Waals surface area contributed by atoms with E-state index in [-0.39, 0.29) is 0 Å². The molecular weight excluding hydrogens is 319 g/mol. The lowest BCUT2D eigenvalue weighted by atomic mass is 10.2. The summed E-state index contributed by atoms with van der Waals surface area (Å²) >= 11 is 18.1. The van der Waals surface area contributed by atoms with Gasteiger partial charge in [-0.3, -0.25) is 0 Å². The first-order chi connectivity index (χ1) is 9.65. The number of rotatable bonds is 2. The van der Waals surface area contributed by atoms with Gasteiger partial charge in [-0.1, -0.05) is 52.1 Å². The molecule has 0 aliphatic carbocycles. The molecule has 3 aromatic rings. The summed E-state index contributed by atoms with van der Waals surface area (Å²) in [7, 11) is 0. The van der Waals surface area contributed by atoms with E-state index in [2.05, 4.69) is 10.1 Å². The topological polar surface area (TPSA) is 38.9 Å². The molecule has 0 saturated carbocycles. The van der Waals surface area contributed by atoms with Crippen molar-refractivity contribution in [2.75, 3.05) is 0 Å². The Hall–Kier alpha value is -1.55. The molecule has 3 rings (SSSR count). The molecule has 0 N–H and O–H groups in total. The third-order valence-corrected chi connectivity index (χ3v) is 3.58. The molecule has 0 aliphatic heterocycles. The van der Waals surface area contributed by atoms with Crippen molar-refractivity contribution in [3.8, 4) is 22.8 Å². The van der Waals surface area contributed by atoms with Gasteiger partial charge in [0.05, 0.1) is 15.6 Å². The van der Waals surface area contributed by atoms with E-state index < -0.39 is 0 Å². The van der Waals surface area contributed by atoms with Gasteiger partial charge in [-0.25, -0.2) is 0 Å². The SMILES string of the molecule is Clc1ccc(-c2noc(-c3ccccc3Cl)n2)c(Cl)c1. The average Bonchev–Trinajstić information content (AvgIpc) is 2.88. The lowest BCUT2D eigenvalue weighted by Gasteiger charge is -1.98. The standard InChI is InChI=1S/C14H7Cl3N2O/c15-8-5-6-9(12(17)7-8)13-18-14(20-19-13)10-3-1-2-4-11(10)16/h1-7H. The molecule has 100 valence electrons. The fourth-order valence-corrected chi connectivity index (χ4v) is 2.46. The Morgan fingerprint density at radius 3 is 2.40 bits per heavy atom. The Bertz CT molecular complexity index is 771. The highest BCUT2D eigenvalue weighted by molar-refractivity contribution is 6.36. The van der Waals surface area contributed by atoms with Crippen LogP contribution in [0, 0.1) is 0 Å². The van der Waals surface area contributed by atoms with Gasteiger partial charge in [-0.2, -0.15) is 4.98 Å². The highest BCUT2D eigenvalue weighted by Crippen LogP contribution is 2.31. The molecule has 0 bridgehead atoms. The number of nitrogens with zero attached hydrogens (tertiary/aromatic N) is 2. The van der Waals surface area contributed by atoms with Crippen LogP contribution in [0.1, 0.15) is 0 Å². The van der Waals surface area contributed by atoms with Crippen LogP contribution in [-0.2, 0) is 0 Å². The molecule has 0 spiro atoms. The van der Waals surface area contributed by atoms with Gasteiger partial charge in [0.2, 0.25) is 5.82 Å². The van der Waals surface area contributed by atoms with Crippen LogP contribution in [0.5, 0.6) is 0 Å². The first-order valence-electron chi connectivity index (χ1n) is 5.69. The number of aromatic nitrogens is 2. The summed E-state index contributed by atoms with van der Waals surface area (Å²) in [4.78, 5) is 4.31. The molecule has 0 amide bonds. The molecule has 0 aliphatic rings. The number of halogens is 3. The normalized spacial score (nSPS) is 10.8. The van der Waals surface area contributed by atoms with Crippen molar-refractivity contribution in [2.45, 2.75) is 0 Å². The third kappa shape index (κ3) is 2.52. The lowest BCUT2D eigenvalue weighted by Crippen LogP contribution is -1.83. The molecule has 6 heteroatoms. The van der Waals surface area contributed by atoms with E-state index in [0.29, 0.717) is 37.9 Å². The van der Waals surface area contributed by atoms with Gasteiger partial charge < -0.3 is 4.52 Å². The summed E-state index contributed by atoms with van der Waals surface area (Å²) in [6.07, 6.45) is 0. The summed E-state index contributed by atoms with van der Waals surface area (Å²) < 4.78 is 5.23. The molecule has 3 nitrogen and oxygen atoms in total. The fourth-order valence-electron chi connectivity index (χ4n) is 1.75. The van der Waals surface area contributed by atoms with Gasteiger partial charge in [0, 0.05) is 10.6 Å². The second-order valence-electron chi connectivity index (χ2n) is 4.03. The van der Waals surface area contributed by atoms with Crippen LogP contribution in [0.3, 0.4) is 0 Å². The monoisotopic (exact) mass is 324 g/mol. The third-order valence-electron chi connectivity index (χ3n) is 2.70. The van der Waals surface area contributed by atoms with Crippen LogP contribution in [0.15, 0.2) is 47.0 Å². The van der Waals surface area contributed by atoms with Crippen molar-refractivity contribution < 1.29 is 4.52 Å². The Balaban J connectivity index is 2.04. The number of hydrogen-bond acceptors (Lipinski definition) is 3. The van der Waals surface area contributed by atoms with Gasteiger partial charge in [0.25, 0.3) is 5.89 Å². The minimum Gasteiger partial charge on any atom is -0.334 e. The van der Waals surface area contributed by atoms with Crippen LogP contribution in [0.2, 0.25) is 15.1 Å².